The summed E-state index contributed by atoms with van der Waals surface area (Å²) >= 11 is 6.15. The number of guanidine groups is 1. The first-order valence-corrected chi connectivity index (χ1v) is 10.6. The number of halogens is 2. The summed E-state index contributed by atoms with van der Waals surface area (Å²) in [6, 6.07) is 6.29. The lowest BCUT2D eigenvalue weighted by Crippen LogP contribution is -2.41. The number of rotatable bonds is 8. The van der Waals surface area contributed by atoms with Crippen LogP contribution in [-0.2, 0) is 4.79 Å². The number of carbonyl (C=O) groups excluding carboxylic acids is 1. The Morgan fingerprint density at radius 2 is 2.03 bits per heavy atom. The second-order valence-electron chi connectivity index (χ2n) is 7.44. The average Bonchev–Trinajstić information content (AvgIpc) is 2.67. The van der Waals surface area contributed by atoms with E-state index in [1.807, 2.05) is 25.1 Å². The van der Waals surface area contributed by atoms with Crippen molar-refractivity contribution in [2.75, 3.05) is 38.5 Å². The molecule has 164 valence electrons. The van der Waals surface area contributed by atoms with Crippen LogP contribution in [0.4, 0.5) is 5.69 Å². The molecule has 1 aromatic carbocycles. The highest BCUT2D eigenvalue weighted by molar-refractivity contribution is 14.0. The van der Waals surface area contributed by atoms with Crippen molar-refractivity contribution in [3.8, 4) is 0 Å². The maximum atomic E-state index is 12.1. The van der Waals surface area contributed by atoms with Gasteiger partial charge in [-0.05, 0) is 57.4 Å². The largest absolute Gasteiger partial charge is 0.356 e. The molecule has 3 N–H and O–H groups in total. The number of nitrogens with one attached hydrogen (secondary N) is 3. The van der Waals surface area contributed by atoms with Gasteiger partial charge in [0.1, 0.15) is 0 Å². The molecule has 1 unspecified atom stereocenters. The van der Waals surface area contributed by atoms with Crippen molar-refractivity contribution in [2.45, 2.75) is 52.0 Å². The van der Waals surface area contributed by atoms with E-state index in [4.69, 9.17) is 11.6 Å². The molecule has 1 aliphatic rings. The predicted octanol–water partition coefficient (Wildman–Crippen LogP) is 4.02. The van der Waals surface area contributed by atoms with Gasteiger partial charge in [0.05, 0.1) is 10.7 Å². The monoisotopic (exact) mass is 535 g/mol. The highest BCUT2D eigenvalue weighted by atomic mass is 127. The predicted molar refractivity (Wildman–Crippen MR) is 134 cm³/mol. The molecule has 29 heavy (non-hydrogen) atoms. The molecule has 1 fully saturated rings. The summed E-state index contributed by atoms with van der Waals surface area (Å²) in [6.07, 6.45) is 5.41. The van der Waals surface area contributed by atoms with E-state index < -0.39 is 0 Å². The van der Waals surface area contributed by atoms with E-state index in [0.29, 0.717) is 29.7 Å². The Labute approximate surface area is 197 Å². The van der Waals surface area contributed by atoms with E-state index >= 15 is 0 Å². The van der Waals surface area contributed by atoms with Gasteiger partial charge < -0.3 is 20.9 Å². The minimum absolute atomic E-state index is 0. The van der Waals surface area contributed by atoms with Gasteiger partial charge in [0, 0.05) is 39.1 Å². The molecule has 1 aromatic rings. The van der Waals surface area contributed by atoms with Crippen LogP contribution in [0.5, 0.6) is 0 Å². The SMILES string of the molecule is CN=C(NCCCN1CCCCC1C)NCCC(=O)Nc1ccc(C)cc1Cl.I. The standard InChI is InChI=1S/C21H34ClN5O.HI/c1-16-8-9-19(18(22)15-16)26-20(28)10-12-25-21(23-3)24-11-6-14-27-13-5-4-7-17(27)2;/h8-9,15,17H,4-7,10-14H2,1-3H3,(H,26,28)(H2,23,24,25);1H. The minimum atomic E-state index is -0.0761. The maximum Gasteiger partial charge on any atom is 0.226 e. The molecule has 1 amide bonds. The summed E-state index contributed by atoms with van der Waals surface area (Å²) in [7, 11) is 1.74. The topological polar surface area (TPSA) is 68.8 Å². The zero-order chi connectivity index (χ0) is 20.4. The second-order valence-corrected chi connectivity index (χ2v) is 7.85. The fourth-order valence-corrected chi connectivity index (χ4v) is 3.71. The van der Waals surface area contributed by atoms with Gasteiger partial charge in [-0.1, -0.05) is 24.1 Å². The van der Waals surface area contributed by atoms with E-state index in [2.05, 4.69) is 32.8 Å². The maximum absolute atomic E-state index is 12.1. The van der Waals surface area contributed by atoms with E-state index in [0.717, 1.165) is 31.0 Å². The number of aliphatic imine (C=N–C) groups is 1. The number of hydrogen-bond acceptors (Lipinski definition) is 3. The number of amides is 1. The quantitative estimate of drug-likeness (QED) is 0.204. The van der Waals surface area contributed by atoms with E-state index in [-0.39, 0.29) is 29.9 Å². The van der Waals surface area contributed by atoms with Crippen molar-refractivity contribution in [3.05, 3.63) is 28.8 Å². The van der Waals surface area contributed by atoms with Gasteiger partial charge in [0.2, 0.25) is 5.91 Å². The minimum Gasteiger partial charge on any atom is -0.356 e. The van der Waals surface area contributed by atoms with Crippen LogP contribution >= 0.6 is 35.6 Å². The molecule has 0 spiro atoms. The number of aryl methyl sites for hydroxylation is 1. The number of piperidine rings is 1. The molecule has 1 saturated heterocycles. The number of carbonyl (C=O) groups is 1. The Morgan fingerprint density at radius 3 is 2.72 bits per heavy atom. The van der Waals surface area contributed by atoms with Crippen LogP contribution in [0.2, 0.25) is 5.02 Å². The molecule has 6 nitrogen and oxygen atoms in total. The summed E-state index contributed by atoms with van der Waals surface area (Å²) in [5, 5.41) is 9.91. The van der Waals surface area contributed by atoms with Gasteiger partial charge in [0.15, 0.2) is 5.96 Å². The summed E-state index contributed by atoms with van der Waals surface area (Å²) in [5.41, 5.74) is 1.71. The Morgan fingerprint density at radius 1 is 1.28 bits per heavy atom. The van der Waals surface area contributed by atoms with Gasteiger partial charge in [-0.3, -0.25) is 9.79 Å². The average molecular weight is 536 g/mol. The summed E-state index contributed by atoms with van der Waals surface area (Å²) in [6.45, 7) is 8.00. The van der Waals surface area contributed by atoms with Gasteiger partial charge in [-0.2, -0.15) is 0 Å². The Hall–Kier alpha value is -1.06. The molecule has 0 aliphatic carbocycles. The first kappa shape index (κ1) is 26.0. The summed E-state index contributed by atoms with van der Waals surface area (Å²) in [5.74, 6) is 0.653. The molecule has 1 heterocycles. The highest BCUT2D eigenvalue weighted by Gasteiger charge is 2.17. The number of benzene rings is 1. The van der Waals surface area contributed by atoms with Crippen LogP contribution in [0.25, 0.3) is 0 Å². The van der Waals surface area contributed by atoms with Crippen LogP contribution in [0, 0.1) is 6.92 Å². The first-order chi connectivity index (χ1) is 13.5. The van der Waals surface area contributed by atoms with Gasteiger partial charge in [-0.15, -0.1) is 24.0 Å². The molecule has 0 radical (unpaired) electrons. The van der Waals surface area contributed by atoms with Crippen LogP contribution in [0.1, 0.15) is 44.6 Å². The molecule has 0 aromatic heterocycles. The fourth-order valence-electron chi connectivity index (χ4n) is 3.43. The van der Waals surface area contributed by atoms with Gasteiger partial charge in [0.25, 0.3) is 0 Å². The van der Waals surface area contributed by atoms with Crippen molar-refractivity contribution in [3.63, 3.8) is 0 Å². The van der Waals surface area contributed by atoms with Crippen molar-refractivity contribution in [1.29, 1.82) is 0 Å². The second kappa shape index (κ2) is 14.0. The zero-order valence-corrected chi connectivity index (χ0v) is 20.8. The summed E-state index contributed by atoms with van der Waals surface area (Å²) < 4.78 is 0. The van der Waals surface area contributed by atoms with E-state index in [1.165, 1.54) is 25.8 Å². The van der Waals surface area contributed by atoms with Gasteiger partial charge in [-0.25, -0.2) is 0 Å². The number of nitrogens with zero attached hydrogens (tertiary/aromatic N) is 2. The van der Waals surface area contributed by atoms with Crippen molar-refractivity contribution in [2.24, 2.45) is 4.99 Å². The van der Waals surface area contributed by atoms with E-state index in [9.17, 15) is 4.79 Å². The fraction of sp³-hybridized carbons (Fsp3) is 0.619. The lowest BCUT2D eigenvalue weighted by atomic mass is 10.0. The van der Waals surface area contributed by atoms with Gasteiger partial charge >= 0.3 is 0 Å². The molecule has 8 heteroatoms. The molecular weight excluding hydrogens is 501 g/mol. The smallest absolute Gasteiger partial charge is 0.226 e. The number of hydrogen-bond donors (Lipinski definition) is 3. The van der Waals surface area contributed by atoms with Crippen molar-refractivity contribution < 1.29 is 4.79 Å². The van der Waals surface area contributed by atoms with Crippen molar-refractivity contribution >= 4 is 53.1 Å². The lowest BCUT2D eigenvalue weighted by Gasteiger charge is -2.33. The Bertz CT molecular complexity index is 670. The van der Waals surface area contributed by atoms with Crippen LogP contribution in [0.3, 0.4) is 0 Å². The third-order valence-corrected chi connectivity index (χ3v) is 5.43. The zero-order valence-electron chi connectivity index (χ0n) is 17.8. The molecule has 0 bridgehead atoms. The number of anilines is 1. The molecule has 1 atom stereocenters. The Kier molecular flexibility index (Phi) is 12.6. The van der Waals surface area contributed by atoms with Crippen LogP contribution in [0.15, 0.2) is 23.2 Å². The Balaban J connectivity index is 0.00000420. The first-order valence-electron chi connectivity index (χ1n) is 10.2. The normalized spacial score (nSPS) is 17.4. The highest BCUT2D eigenvalue weighted by Crippen LogP contribution is 2.22. The van der Waals surface area contributed by atoms with E-state index in [1.54, 1.807) is 7.05 Å². The third kappa shape index (κ3) is 9.53. The van der Waals surface area contributed by atoms with Crippen LogP contribution in [-0.4, -0.2) is 56.0 Å². The molecule has 0 saturated carbocycles. The van der Waals surface area contributed by atoms with Crippen LogP contribution < -0.4 is 16.0 Å². The summed E-state index contributed by atoms with van der Waals surface area (Å²) in [4.78, 5) is 18.9. The van der Waals surface area contributed by atoms with Crippen molar-refractivity contribution in [1.82, 2.24) is 15.5 Å². The molecular formula is C21H35ClIN5O. The molecule has 2 rings (SSSR count). The number of likely N-dealkylation sites (tertiary alicyclic amines) is 1. The third-order valence-electron chi connectivity index (χ3n) is 5.12. The lowest BCUT2D eigenvalue weighted by molar-refractivity contribution is -0.116. The molecule has 1 aliphatic heterocycles.